The van der Waals surface area contributed by atoms with Crippen molar-refractivity contribution >= 4 is 15.9 Å². The zero-order valence-corrected chi connectivity index (χ0v) is 20.4. The Morgan fingerprint density at radius 2 is 1.62 bits per heavy atom. The summed E-state index contributed by atoms with van der Waals surface area (Å²) in [5, 5.41) is 3.08. The SMILES string of the molecule is CN(C)CC(C)(C)CNC(=O)C1CCN(S(=O)(=O)c2ccccc2-c2ccccc2)CC1. The summed E-state index contributed by atoms with van der Waals surface area (Å²) >= 11 is 0. The average molecular weight is 458 g/mol. The molecular weight excluding hydrogens is 422 g/mol. The van der Waals surface area contributed by atoms with Gasteiger partial charge in [-0.2, -0.15) is 4.31 Å². The van der Waals surface area contributed by atoms with Crippen LogP contribution in [0.1, 0.15) is 26.7 Å². The highest BCUT2D eigenvalue weighted by molar-refractivity contribution is 7.89. The minimum Gasteiger partial charge on any atom is -0.355 e. The molecule has 1 N–H and O–H groups in total. The summed E-state index contributed by atoms with van der Waals surface area (Å²) in [5.41, 5.74) is 1.56. The van der Waals surface area contributed by atoms with Crippen LogP contribution in [0.3, 0.4) is 0 Å². The summed E-state index contributed by atoms with van der Waals surface area (Å²) in [7, 11) is 0.404. The van der Waals surface area contributed by atoms with Crippen LogP contribution in [0.4, 0.5) is 0 Å². The van der Waals surface area contributed by atoms with E-state index in [0.29, 0.717) is 42.9 Å². The zero-order valence-electron chi connectivity index (χ0n) is 19.5. The highest BCUT2D eigenvalue weighted by Gasteiger charge is 2.33. The number of hydrogen-bond donors (Lipinski definition) is 1. The maximum atomic E-state index is 13.4. The molecule has 1 amide bonds. The van der Waals surface area contributed by atoms with E-state index in [2.05, 4.69) is 24.1 Å². The van der Waals surface area contributed by atoms with Gasteiger partial charge in [-0.3, -0.25) is 4.79 Å². The molecule has 32 heavy (non-hydrogen) atoms. The monoisotopic (exact) mass is 457 g/mol. The van der Waals surface area contributed by atoms with Crippen molar-refractivity contribution in [3.05, 3.63) is 54.6 Å². The molecule has 0 saturated carbocycles. The Labute approximate surface area is 192 Å². The Kier molecular flexibility index (Phi) is 7.75. The molecule has 0 bridgehead atoms. The molecule has 0 aromatic heterocycles. The first-order chi connectivity index (χ1) is 15.1. The number of carbonyl (C=O) groups is 1. The second kappa shape index (κ2) is 10.1. The summed E-state index contributed by atoms with van der Waals surface area (Å²) in [4.78, 5) is 15.1. The van der Waals surface area contributed by atoms with E-state index in [-0.39, 0.29) is 17.2 Å². The van der Waals surface area contributed by atoms with Crippen LogP contribution in [0.15, 0.2) is 59.5 Å². The molecule has 1 saturated heterocycles. The van der Waals surface area contributed by atoms with Crippen LogP contribution in [-0.2, 0) is 14.8 Å². The lowest BCUT2D eigenvalue weighted by Gasteiger charge is -2.33. The van der Waals surface area contributed by atoms with Crippen molar-refractivity contribution in [1.29, 1.82) is 0 Å². The van der Waals surface area contributed by atoms with Crippen molar-refractivity contribution in [3.63, 3.8) is 0 Å². The van der Waals surface area contributed by atoms with Gasteiger partial charge in [-0.05, 0) is 44.0 Å². The standard InChI is InChI=1S/C25H35N3O3S/c1-25(2,19-27(3)4)18-26-24(29)21-14-16-28(17-15-21)32(30,31)23-13-9-8-12-22(23)20-10-6-5-7-11-20/h5-13,21H,14-19H2,1-4H3,(H,26,29). The predicted molar refractivity (Wildman–Crippen MR) is 129 cm³/mol. The molecule has 0 unspecified atom stereocenters. The highest BCUT2D eigenvalue weighted by Crippen LogP contribution is 2.31. The summed E-state index contributed by atoms with van der Waals surface area (Å²) < 4.78 is 28.4. The molecule has 0 aliphatic carbocycles. The highest BCUT2D eigenvalue weighted by atomic mass is 32.2. The fraction of sp³-hybridized carbons (Fsp3) is 0.480. The molecule has 3 rings (SSSR count). The number of carbonyl (C=O) groups excluding carboxylic acids is 1. The van der Waals surface area contributed by atoms with Crippen molar-refractivity contribution in [2.75, 3.05) is 40.3 Å². The number of rotatable bonds is 8. The topological polar surface area (TPSA) is 69.7 Å². The van der Waals surface area contributed by atoms with Crippen molar-refractivity contribution in [2.24, 2.45) is 11.3 Å². The fourth-order valence-electron chi connectivity index (χ4n) is 4.43. The molecule has 0 atom stereocenters. The number of piperidine rings is 1. The van der Waals surface area contributed by atoms with E-state index >= 15 is 0 Å². The van der Waals surface area contributed by atoms with E-state index in [1.54, 1.807) is 12.1 Å². The number of sulfonamides is 1. The quantitative estimate of drug-likeness (QED) is 0.659. The van der Waals surface area contributed by atoms with E-state index in [1.807, 2.05) is 56.6 Å². The lowest BCUT2D eigenvalue weighted by Crippen LogP contribution is -2.46. The van der Waals surface area contributed by atoms with E-state index in [1.165, 1.54) is 4.31 Å². The first kappa shape index (κ1) is 24.4. The third kappa shape index (κ3) is 5.97. The van der Waals surface area contributed by atoms with Crippen molar-refractivity contribution in [3.8, 4) is 11.1 Å². The third-order valence-electron chi connectivity index (χ3n) is 5.90. The van der Waals surface area contributed by atoms with Gasteiger partial charge in [0.2, 0.25) is 15.9 Å². The lowest BCUT2D eigenvalue weighted by molar-refractivity contribution is -0.126. The predicted octanol–water partition coefficient (Wildman–Crippen LogP) is 3.46. The van der Waals surface area contributed by atoms with Crippen LogP contribution in [0, 0.1) is 11.3 Å². The molecule has 2 aromatic rings. The third-order valence-corrected chi connectivity index (χ3v) is 7.86. The molecule has 1 aliphatic rings. The fourth-order valence-corrected chi connectivity index (χ4v) is 6.11. The van der Waals surface area contributed by atoms with Crippen LogP contribution < -0.4 is 5.32 Å². The van der Waals surface area contributed by atoms with E-state index in [4.69, 9.17) is 0 Å². The maximum absolute atomic E-state index is 13.4. The largest absolute Gasteiger partial charge is 0.355 e. The van der Waals surface area contributed by atoms with Gasteiger partial charge in [0.15, 0.2) is 0 Å². The van der Waals surface area contributed by atoms with Crippen LogP contribution >= 0.6 is 0 Å². The summed E-state index contributed by atoms with van der Waals surface area (Å²) in [6.45, 7) is 6.45. The minimum absolute atomic E-state index is 0.0235. The number of benzene rings is 2. The molecule has 1 fully saturated rings. The van der Waals surface area contributed by atoms with Gasteiger partial charge >= 0.3 is 0 Å². The number of nitrogens with one attached hydrogen (secondary N) is 1. The number of nitrogens with zero attached hydrogens (tertiary/aromatic N) is 2. The Hall–Kier alpha value is -2.22. The smallest absolute Gasteiger partial charge is 0.243 e. The molecule has 6 nitrogen and oxygen atoms in total. The van der Waals surface area contributed by atoms with Crippen LogP contribution in [-0.4, -0.2) is 63.8 Å². The van der Waals surface area contributed by atoms with Gasteiger partial charge in [0, 0.05) is 37.7 Å². The maximum Gasteiger partial charge on any atom is 0.243 e. The van der Waals surface area contributed by atoms with Gasteiger partial charge in [-0.1, -0.05) is 62.4 Å². The van der Waals surface area contributed by atoms with E-state index in [0.717, 1.165) is 12.1 Å². The Balaban J connectivity index is 1.65. The Morgan fingerprint density at radius 1 is 1.03 bits per heavy atom. The average Bonchev–Trinajstić information content (AvgIpc) is 2.77. The van der Waals surface area contributed by atoms with Gasteiger partial charge < -0.3 is 10.2 Å². The molecule has 1 heterocycles. The first-order valence-electron chi connectivity index (χ1n) is 11.2. The molecule has 0 spiro atoms. The zero-order chi connectivity index (χ0) is 23.4. The molecule has 174 valence electrons. The van der Waals surface area contributed by atoms with Gasteiger partial charge in [0.25, 0.3) is 0 Å². The van der Waals surface area contributed by atoms with Gasteiger partial charge in [-0.25, -0.2) is 8.42 Å². The van der Waals surface area contributed by atoms with E-state index in [9.17, 15) is 13.2 Å². The summed E-state index contributed by atoms with van der Waals surface area (Å²) in [5.74, 6) is -0.125. The molecule has 1 aliphatic heterocycles. The molecule has 7 heteroatoms. The Morgan fingerprint density at radius 3 is 2.25 bits per heavy atom. The Bertz CT molecular complexity index is 1010. The summed E-state index contributed by atoms with van der Waals surface area (Å²) in [6.07, 6.45) is 1.07. The lowest BCUT2D eigenvalue weighted by atomic mass is 9.91. The molecule has 2 aromatic carbocycles. The number of hydrogen-bond acceptors (Lipinski definition) is 4. The van der Waals surface area contributed by atoms with Gasteiger partial charge in [-0.15, -0.1) is 0 Å². The molecule has 0 radical (unpaired) electrons. The van der Waals surface area contributed by atoms with Crippen molar-refractivity contribution in [1.82, 2.24) is 14.5 Å². The summed E-state index contributed by atoms with van der Waals surface area (Å²) in [6, 6.07) is 16.7. The van der Waals surface area contributed by atoms with Crippen molar-refractivity contribution < 1.29 is 13.2 Å². The first-order valence-corrected chi connectivity index (χ1v) is 12.6. The second-order valence-corrected chi connectivity index (χ2v) is 11.6. The van der Waals surface area contributed by atoms with E-state index < -0.39 is 10.0 Å². The minimum atomic E-state index is -3.64. The van der Waals surface area contributed by atoms with Crippen LogP contribution in [0.25, 0.3) is 11.1 Å². The van der Waals surface area contributed by atoms with Gasteiger partial charge in [0.1, 0.15) is 0 Å². The van der Waals surface area contributed by atoms with Crippen LogP contribution in [0.5, 0.6) is 0 Å². The normalized spacial score (nSPS) is 16.3. The number of amides is 1. The van der Waals surface area contributed by atoms with Crippen molar-refractivity contribution in [2.45, 2.75) is 31.6 Å². The van der Waals surface area contributed by atoms with Crippen LogP contribution in [0.2, 0.25) is 0 Å². The van der Waals surface area contributed by atoms with Gasteiger partial charge in [0.05, 0.1) is 4.90 Å². The second-order valence-electron chi connectivity index (χ2n) is 9.66. The molecular formula is C25H35N3O3S.